The van der Waals surface area contributed by atoms with Crippen molar-refractivity contribution < 1.29 is 4.39 Å². The van der Waals surface area contributed by atoms with Gasteiger partial charge in [0.1, 0.15) is 0 Å². The first kappa shape index (κ1) is 13.0. The molecule has 2 rings (SSSR count). The molecule has 0 aliphatic heterocycles. The van der Waals surface area contributed by atoms with Crippen molar-refractivity contribution in [3.8, 4) is 0 Å². The molecule has 3 N–H and O–H groups in total. The van der Waals surface area contributed by atoms with Crippen LogP contribution in [0.1, 0.15) is 5.56 Å². The van der Waals surface area contributed by atoms with E-state index in [-0.39, 0.29) is 10.0 Å². The van der Waals surface area contributed by atoms with Crippen LogP contribution in [0.25, 0.3) is 0 Å². The number of rotatable bonds is 2. The number of halogens is 3. The molecule has 5 heteroatoms. The first-order chi connectivity index (χ1) is 8.47. The summed E-state index contributed by atoms with van der Waals surface area (Å²) in [5.41, 5.74) is 8.82. The summed E-state index contributed by atoms with van der Waals surface area (Å²) in [6.07, 6.45) is 0. The molecule has 0 saturated carbocycles. The Bertz CT molecular complexity index is 577. The van der Waals surface area contributed by atoms with E-state index in [9.17, 15) is 4.39 Å². The lowest BCUT2D eigenvalue weighted by atomic mass is 10.1. The van der Waals surface area contributed by atoms with Crippen LogP contribution in [0.2, 0.25) is 10.0 Å². The highest BCUT2D eigenvalue weighted by Gasteiger charge is 2.08. The summed E-state index contributed by atoms with van der Waals surface area (Å²) in [6, 6.07) is 8.43. The fourth-order valence-electron chi connectivity index (χ4n) is 1.61. The Morgan fingerprint density at radius 1 is 1.11 bits per heavy atom. The maximum atomic E-state index is 13.3. The monoisotopic (exact) mass is 284 g/mol. The molecule has 0 aliphatic carbocycles. The van der Waals surface area contributed by atoms with E-state index in [0.717, 1.165) is 11.3 Å². The molecule has 18 heavy (non-hydrogen) atoms. The lowest BCUT2D eigenvalue weighted by Gasteiger charge is -2.11. The number of nitrogens with two attached hydrogens (primary N) is 1. The van der Waals surface area contributed by atoms with Gasteiger partial charge in [-0.25, -0.2) is 4.39 Å². The highest BCUT2D eigenvalue weighted by molar-refractivity contribution is 6.35. The molecule has 0 aliphatic rings. The minimum Gasteiger partial charge on any atom is -0.399 e. The standard InChI is InChI=1S/C13H11Cl2FN2/c1-7-4-8(17)2-3-12(7)18-9-5-10(14)13(16)11(15)6-9/h2-6,18H,17H2,1H3. The average molecular weight is 285 g/mol. The molecule has 0 amide bonds. The Labute approximate surface area is 115 Å². The smallest absolute Gasteiger partial charge is 0.160 e. The summed E-state index contributed by atoms with van der Waals surface area (Å²) in [5, 5.41) is 3.09. The van der Waals surface area contributed by atoms with Crippen LogP contribution in [-0.4, -0.2) is 0 Å². The Morgan fingerprint density at radius 2 is 1.72 bits per heavy atom. The van der Waals surface area contributed by atoms with Gasteiger partial charge in [0.2, 0.25) is 0 Å². The van der Waals surface area contributed by atoms with Gasteiger partial charge in [0, 0.05) is 17.1 Å². The molecule has 0 fully saturated rings. The maximum absolute atomic E-state index is 13.3. The minimum absolute atomic E-state index is 0.0156. The third-order valence-electron chi connectivity index (χ3n) is 2.51. The number of hydrogen-bond acceptors (Lipinski definition) is 2. The lowest BCUT2D eigenvalue weighted by Crippen LogP contribution is -1.95. The van der Waals surface area contributed by atoms with E-state index in [2.05, 4.69) is 5.32 Å². The molecule has 0 atom stereocenters. The largest absolute Gasteiger partial charge is 0.399 e. The Balaban J connectivity index is 2.34. The Morgan fingerprint density at radius 3 is 2.28 bits per heavy atom. The molecular formula is C13H11Cl2FN2. The highest BCUT2D eigenvalue weighted by atomic mass is 35.5. The average Bonchev–Trinajstić information content (AvgIpc) is 2.29. The van der Waals surface area contributed by atoms with Crippen molar-refractivity contribution in [3.63, 3.8) is 0 Å². The van der Waals surface area contributed by atoms with Crippen LogP contribution in [0.4, 0.5) is 21.5 Å². The summed E-state index contributed by atoms with van der Waals surface area (Å²) in [7, 11) is 0. The van der Waals surface area contributed by atoms with E-state index >= 15 is 0 Å². The summed E-state index contributed by atoms with van der Waals surface area (Å²) in [4.78, 5) is 0. The summed E-state index contributed by atoms with van der Waals surface area (Å²) >= 11 is 11.5. The molecule has 0 heterocycles. The maximum Gasteiger partial charge on any atom is 0.160 e. The van der Waals surface area contributed by atoms with Crippen molar-refractivity contribution in [1.82, 2.24) is 0 Å². The molecule has 94 valence electrons. The SMILES string of the molecule is Cc1cc(N)ccc1Nc1cc(Cl)c(F)c(Cl)c1. The van der Waals surface area contributed by atoms with Crippen molar-refractivity contribution >= 4 is 40.3 Å². The van der Waals surface area contributed by atoms with E-state index in [1.165, 1.54) is 12.1 Å². The number of anilines is 3. The van der Waals surface area contributed by atoms with Crippen molar-refractivity contribution in [1.29, 1.82) is 0 Å². The van der Waals surface area contributed by atoms with E-state index < -0.39 is 5.82 Å². The van der Waals surface area contributed by atoms with Gasteiger partial charge in [-0.1, -0.05) is 23.2 Å². The molecule has 2 aromatic rings. The highest BCUT2D eigenvalue weighted by Crippen LogP contribution is 2.30. The number of aryl methyl sites for hydroxylation is 1. The van der Waals surface area contributed by atoms with Gasteiger partial charge in [-0.05, 0) is 42.8 Å². The van der Waals surface area contributed by atoms with Crippen molar-refractivity contribution in [2.75, 3.05) is 11.1 Å². The van der Waals surface area contributed by atoms with Crippen molar-refractivity contribution in [3.05, 3.63) is 51.8 Å². The zero-order valence-corrected chi connectivity index (χ0v) is 11.1. The molecule has 2 aromatic carbocycles. The van der Waals surface area contributed by atoms with Gasteiger partial charge < -0.3 is 11.1 Å². The fourth-order valence-corrected chi connectivity index (χ4v) is 2.10. The minimum atomic E-state index is -0.613. The van der Waals surface area contributed by atoms with Crippen LogP contribution < -0.4 is 11.1 Å². The second-order valence-corrected chi connectivity index (χ2v) is 4.77. The van der Waals surface area contributed by atoms with Crippen LogP contribution in [-0.2, 0) is 0 Å². The van der Waals surface area contributed by atoms with E-state index in [1.54, 1.807) is 6.07 Å². The molecule has 0 unspecified atom stereocenters. The number of benzene rings is 2. The molecule has 0 radical (unpaired) electrons. The molecule has 0 saturated heterocycles. The third-order valence-corrected chi connectivity index (χ3v) is 3.06. The normalized spacial score (nSPS) is 10.4. The predicted octanol–water partition coefficient (Wildman–Crippen LogP) is 4.77. The first-order valence-corrected chi connectivity index (χ1v) is 6.00. The molecule has 0 spiro atoms. The zero-order chi connectivity index (χ0) is 13.3. The van der Waals surface area contributed by atoms with Gasteiger partial charge in [0.05, 0.1) is 10.0 Å². The fraction of sp³-hybridized carbons (Fsp3) is 0.0769. The van der Waals surface area contributed by atoms with Crippen LogP contribution >= 0.6 is 23.2 Å². The second-order valence-electron chi connectivity index (χ2n) is 3.95. The lowest BCUT2D eigenvalue weighted by molar-refractivity contribution is 0.629. The van der Waals surface area contributed by atoms with E-state index in [1.807, 2.05) is 19.1 Å². The Hall–Kier alpha value is -1.45. The van der Waals surface area contributed by atoms with Gasteiger partial charge in [0.15, 0.2) is 5.82 Å². The van der Waals surface area contributed by atoms with Crippen molar-refractivity contribution in [2.24, 2.45) is 0 Å². The number of hydrogen-bond donors (Lipinski definition) is 2. The second kappa shape index (κ2) is 5.04. The molecular weight excluding hydrogens is 274 g/mol. The summed E-state index contributed by atoms with van der Waals surface area (Å²) in [6.45, 7) is 1.92. The summed E-state index contributed by atoms with van der Waals surface area (Å²) in [5.74, 6) is -0.613. The first-order valence-electron chi connectivity index (χ1n) is 5.25. The van der Waals surface area contributed by atoms with Gasteiger partial charge in [-0.3, -0.25) is 0 Å². The quantitative estimate of drug-likeness (QED) is 0.616. The number of nitrogen functional groups attached to an aromatic ring is 1. The van der Waals surface area contributed by atoms with Gasteiger partial charge in [-0.15, -0.1) is 0 Å². The zero-order valence-electron chi connectivity index (χ0n) is 9.60. The number of nitrogens with one attached hydrogen (secondary N) is 1. The molecule has 0 aromatic heterocycles. The molecule has 0 bridgehead atoms. The molecule has 2 nitrogen and oxygen atoms in total. The summed E-state index contributed by atoms with van der Waals surface area (Å²) < 4.78 is 13.3. The van der Waals surface area contributed by atoms with Crippen LogP contribution in [0, 0.1) is 12.7 Å². The predicted molar refractivity (Wildman–Crippen MR) is 75.3 cm³/mol. The topological polar surface area (TPSA) is 38.0 Å². The third kappa shape index (κ3) is 2.68. The van der Waals surface area contributed by atoms with Crippen LogP contribution in [0.15, 0.2) is 30.3 Å². The van der Waals surface area contributed by atoms with Crippen LogP contribution in [0.5, 0.6) is 0 Å². The van der Waals surface area contributed by atoms with Gasteiger partial charge >= 0.3 is 0 Å². The van der Waals surface area contributed by atoms with E-state index in [4.69, 9.17) is 28.9 Å². The van der Waals surface area contributed by atoms with Gasteiger partial charge in [-0.2, -0.15) is 0 Å². The Kier molecular flexibility index (Phi) is 3.64. The van der Waals surface area contributed by atoms with Crippen LogP contribution in [0.3, 0.4) is 0 Å². The van der Waals surface area contributed by atoms with Crippen molar-refractivity contribution in [2.45, 2.75) is 6.92 Å². The van der Waals surface area contributed by atoms with Gasteiger partial charge in [0.25, 0.3) is 0 Å². The van der Waals surface area contributed by atoms with E-state index in [0.29, 0.717) is 11.4 Å².